The Kier molecular flexibility index (Phi) is 8.24. The number of thiophene rings is 1. The molecule has 10 radical (unpaired) electrons. The fourth-order valence-electron chi connectivity index (χ4n) is 2.21. The minimum atomic E-state index is 0. The minimum Gasteiger partial charge on any atom is -0.288 e. The first-order chi connectivity index (χ1) is 11.3. The molecule has 0 aliphatic heterocycles. The van der Waals surface area contributed by atoms with Gasteiger partial charge in [0.1, 0.15) is 0 Å². The van der Waals surface area contributed by atoms with E-state index in [1.165, 1.54) is 5.92 Å². The summed E-state index contributed by atoms with van der Waals surface area (Å²) in [6.45, 7) is 0. The maximum atomic E-state index is 12.2. The largest absolute Gasteiger partial charge is 2.00 e. The molecular formula is C21H16FeOS+2. The van der Waals surface area contributed by atoms with Crippen LogP contribution in [0.3, 0.4) is 0 Å². The SMILES string of the molecule is O=C(c1ccccc1)c1ccc([C]2[CH][CH][CH][CH]2)s1.[CH]1[CH][CH][CH][CH]1.[Fe+2]. The van der Waals surface area contributed by atoms with Gasteiger partial charge < -0.3 is 0 Å². The molecule has 0 unspecified atom stereocenters. The first kappa shape index (κ1) is 19.4. The molecule has 2 aliphatic rings. The monoisotopic (exact) mass is 372 g/mol. The Bertz CT molecular complexity index is 602. The first-order valence-electron chi connectivity index (χ1n) is 7.43. The van der Waals surface area contributed by atoms with Crippen LogP contribution in [0.4, 0.5) is 0 Å². The van der Waals surface area contributed by atoms with Gasteiger partial charge in [0.15, 0.2) is 0 Å². The van der Waals surface area contributed by atoms with E-state index in [1.807, 2.05) is 87.4 Å². The molecule has 118 valence electrons. The van der Waals surface area contributed by atoms with E-state index in [4.69, 9.17) is 0 Å². The van der Waals surface area contributed by atoms with E-state index in [-0.39, 0.29) is 22.9 Å². The van der Waals surface area contributed by atoms with E-state index in [0.717, 1.165) is 15.3 Å². The minimum absolute atomic E-state index is 0. The molecule has 1 heterocycles. The van der Waals surface area contributed by atoms with Gasteiger partial charge in [-0.25, -0.2) is 0 Å². The second-order valence-electron chi connectivity index (χ2n) is 4.99. The van der Waals surface area contributed by atoms with Crippen molar-refractivity contribution in [2.75, 3.05) is 0 Å². The molecule has 2 aromatic rings. The molecule has 1 aromatic carbocycles. The second kappa shape index (κ2) is 10.2. The van der Waals surface area contributed by atoms with Crippen LogP contribution in [0, 0.1) is 63.7 Å². The second-order valence-corrected chi connectivity index (χ2v) is 6.08. The molecule has 1 aromatic heterocycles. The van der Waals surface area contributed by atoms with Crippen molar-refractivity contribution < 1.29 is 21.9 Å². The van der Waals surface area contributed by atoms with E-state index >= 15 is 0 Å². The predicted molar refractivity (Wildman–Crippen MR) is 95.2 cm³/mol. The third kappa shape index (κ3) is 5.31. The van der Waals surface area contributed by atoms with E-state index in [2.05, 4.69) is 12.8 Å². The number of rotatable bonds is 3. The van der Waals surface area contributed by atoms with Gasteiger partial charge in [0.25, 0.3) is 0 Å². The molecule has 1 nitrogen and oxygen atoms in total. The van der Waals surface area contributed by atoms with Crippen molar-refractivity contribution >= 4 is 17.1 Å². The summed E-state index contributed by atoms with van der Waals surface area (Å²) in [6.07, 6.45) is 18.1. The summed E-state index contributed by atoms with van der Waals surface area (Å²) >= 11 is 1.54. The number of carbonyl (C=O) groups excluding carboxylic acids is 1. The van der Waals surface area contributed by atoms with Crippen LogP contribution in [0.1, 0.15) is 20.1 Å². The van der Waals surface area contributed by atoms with Crippen molar-refractivity contribution in [1.82, 2.24) is 0 Å². The molecule has 3 heteroatoms. The van der Waals surface area contributed by atoms with E-state index in [0.29, 0.717) is 0 Å². The van der Waals surface area contributed by atoms with Crippen molar-refractivity contribution in [2.24, 2.45) is 0 Å². The van der Waals surface area contributed by atoms with Crippen LogP contribution in [-0.4, -0.2) is 5.78 Å². The average molecular weight is 372 g/mol. The number of hydrogen-bond acceptors (Lipinski definition) is 2. The molecule has 0 N–H and O–H groups in total. The van der Waals surface area contributed by atoms with Crippen LogP contribution in [0.15, 0.2) is 42.5 Å². The zero-order valence-corrected chi connectivity index (χ0v) is 14.8. The van der Waals surface area contributed by atoms with Gasteiger partial charge in [-0.05, 0) is 69.9 Å². The summed E-state index contributed by atoms with van der Waals surface area (Å²) < 4.78 is 0. The van der Waals surface area contributed by atoms with Crippen molar-refractivity contribution in [3.63, 3.8) is 0 Å². The van der Waals surface area contributed by atoms with E-state index < -0.39 is 0 Å². The summed E-state index contributed by atoms with van der Waals surface area (Å²) in [5.41, 5.74) is 0.744. The normalized spacial score (nSPS) is 17.0. The summed E-state index contributed by atoms with van der Waals surface area (Å²) in [6, 6.07) is 13.3. The molecule has 0 amide bonds. The zero-order chi connectivity index (χ0) is 15.9. The van der Waals surface area contributed by atoms with E-state index in [1.54, 1.807) is 11.3 Å². The maximum absolute atomic E-state index is 12.2. The average Bonchev–Trinajstić information content (AvgIpc) is 3.38. The number of carbonyl (C=O) groups is 1. The molecule has 2 fully saturated rings. The molecule has 0 atom stereocenters. The number of benzene rings is 1. The summed E-state index contributed by atoms with van der Waals surface area (Å²) in [5.74, 6) is 1.27. The molecule has 2 aliphatic carbocycles. The summed E-state index contributed by atoms with van der Waals surface area (Å²) in [5, 5.41) is 0. The Morgan fingerprint density at radius 2 is 1.29 bits per heavy atom. The number of ketones is 1. The topological polar surface area (TPSA) is 17.1 Å². The Morgan fingerprint density at radius 1 is 0.708 bits per heavy atom. The van der Waals surface area contributed by atoms with Crippen LogP contribution >= 0.6 is 11.3 Å². The molecule has 4 rings (SSSR count). The van der Waals surface area contributed by atoms with Crippen molar-refractivity contribution in [1.29, 1.82) is 0 Å². The van der Waals surface area contributed by atoms with Crippen LogP contribution in [0.2, 0.25) is 0 Å². The fourth-order valence-corrected chi connectivity index (χ4v) is 3.18. The predicted octanol–water partition coefficient (Wildman–Crippen LogP) is 4.75. The van der Waals surface area contributed by atoms with Gasteiger partial charge in [0, 0.05) is 16.4 Å². The third-order valence-electron chi connectivity index (χ3n) is 3.37. The van der Waals surface area contributed by atoms with Gasteiger partial charge in [0.2, 0.25) is 5.78 Å². The molecular weight excluding hydrogens is 356 g/mol. The van der Waals surface area contributed by atoms with Crippen molar-refractivity contribution in [2.45, 2.75) is 0 Å². The maximum Gasteiger partial charge on any atom is 2.00 e. The van der Waals surface area contributed by atoms with Crippen LogP contribution in [-0.2, 0) is 17.1 Å². The smallest absolute Gasteiger partial charge is 0.288 e. The Labute approximate surface area is 160 Å². The molecule has 2 saturated carbocycles. The van der Waals surface area contributed by atoms with Gasteiger partial charge >= 0.3 is 17.1 Å². The summed E-state index contributed by atoms with van der Waals surface area (Å²) in [4.78, 5) is 14.2. The van der Waals surface area contributed by atoms with Crippen molar-refractivity contribution in [3.05, 3.63) is 121 Å². The van der Waals surface area contributed by atoms with Gasteiger partial charge in [-0.15, -0.1) is 11.3 Å². The molecule has 0 bridgehead atoms. The molecule has 0 spiro atoms. The molecule has 0 saturated heterocycles. The summed E-state index contributed by atoms with van der Waals surface area (Å²) in [7, 11) is 0. The van der Waals surface area contributed by atoms with Crippen LogP contribution in [0.5, 0.6) is 0 Å². The third-order valence-corrected chi connectivity index (χ3v) is 4.50. The zero-order valence-electron chi connectivity index (χ0n) is 12.9. The standard InChI is InChI=1S/C16H11OS.C5H5.Fe/c17-16(13-8-2-1-3-9-13)15-11-10-14(18-15)12-6-4-5-7-12;1-2-4-5-3-1;/h1-11H;1-5H;/q;;+2. The van der Waals surface area contributed by atoms with Gasteiger partial charge in [-0.3, -0.25) is 4.79 Å². The van der Waals surface area contributed by atoms with Gasteiger partial charge in [-0.2, -0.15) is 0 Å². The Morgan fingerprint density at radius 3 is 1.88 bits per heavy atom. The van der Waals surface area contributed by atoms with E-state index in [9.17, 15) is 4.79 Å². The van der Waals surface area contributed by atoms with Gasteiger partial charge in [-0.1, -0.05) is 30.3 Å². The van der Waals surface area contributed by atoms with Crippen LogP contribution < -0.4 is 0 Å². The van der Waals surface area contributed by atoms with Gasteiger partial charge in [0.05, 0.1) is 4.88 Å². The number of hydrogen-bond donors (Lipinski definition) is 0. The van der Waals surface area contributed by atoms with Crippen LogP contribution in [0.25, 0.3) is 0 Å². The first-order valence-corrected chi connectivity index (χ1v) is 8.24. The van der Waals surface area contributed by atoms with Crippen molar-refractivity contribution in [3.8, 4) is 0 Å². The fraction of sp³-hybridized carbons (Fsp3) is 0. The Hall–Kier alpha value is -0.891. The Balaban J connectivity index is 0.000000300. The quantitative estimate of drug-likeness (QED) is 0.561. The molecule has 24 heavy (non-hydrogen) atoms.